The Morgan fingerprint density at radius 2 is 2.00 bits per heavy atom. The van der Waals surface area contributed by atoms with Crippen molar-refractivity contribution < 1.29 is 4.79 Å². The average molecular weight is 344 g/mol. The largest absolute Gasteiger partial charge is 0.342 e. The van der Waals surface area contributed by atoms with Gasteiger partial charge in [-0.3, -0.25) is 9.69 Å². The van der Waals surface area contributed by atoms with Crippen LogP contribution in [0.2, 0.25) is 0 Å². The maximum absolute atomic E-state index is 11.5. The highest BCUT2D eigenvalue weighted by Gasteiger charge is 2.17. The Balaban J connectivity index is 1.56. The Morgan fingerprint density at radius 1 is 1.21 bits per heavy atom. The normalized spacial score (nSPS) is 16.0. The number of hydrogen-bond acceptors (Lipinski definition) is 5. The van der Waals surface area contributed by atoms with Crippen LogP contribution >= 0.6 is 11.3 Å². The van der Waals surface area contributed by atoms with Crippen molar-refractivity contribution in [3.05, 3.63) is 40.9 Å². The first-order valence-corrected chi connectivity index (χ1v) is 9.24. The number of rotatable bonds is 4. The number of nitrogens with zero attached hydrogens (tertiary/aromatic N) is 3. The van der Waals surface area contributed by atoms with E-state index in [4.69, 9.17) is 4.98 Å². The first kappa shape index (κ1) is 16.9. The van der Waals surface area contributed by atoms with Crippen molar-refractivity contribution in [2.24, 2.45) is 0 Å². The maximum Gasteiger partial charge on any atom is 0.219 e. The SMILES string of the molecule is CC(=O)N1CCCN(Cc2csc(Nc3ccc(C)cc3)n2)CC1. The van der Waals surface area contributed by atoms with Gasteiger partial charge in [-0.15, -0.1) is 11.3 Å². The van der Waals surface area contributed by atoms with Crippen LogP contribution < -0.4 is 5.32 Å². The highest BCUT2D eigenvalue weighted by Crippen LogP contribution is 2.22. The van der Waals surface area contributed by atoms with Gasteiger partial charge in [0.25, 0.3) is 0 Å². The predicted octanol–water partition coefficient (Wildman–Crippen LogP) is 3.25. The lowest BCUT2D eigenvalue weighted by Gasteiger charge is -2.20. The summed E-state index contributed by atoms with van der Waals surface area (Å²) in [4.78, 5) is 20.5. The minimum absolute atomic E-state index is 0.176. The number of nitrogens with one attached hydrogen (secondary N) is 1. The van der Waals surface area contributed by atoms with E-state index in [1.54, 1.807) is 18.3 Å². The van der Waals surface area contributed by atoms with E-state index in [-0.39, 0.29) is 5.91 Å². The summed E-state index contributed by atoms with van der Waals surface area (Å²) >= 11 is 1.63. The number of aromatic nitrogens is 1. The fourth-order valence-electron chi connectivity index (χ4n) is 2.87. The third kappa shape index (κ3) is 4.55. The summed E-state index contributed by atoms with van der Waals surface area (Å²) in [7, 11) is 0. The Hall–Kier alpha value is -1.92. The molecule has 0 atom stereocenters. The van der Waals surface area contributed by atoms with Gasteiger partial charge in [-0.25, -0.2) is 4.98 Å². The fraction of sp³-hybridized carbons (Fsp3) is 0.444. The topological polar surface area (TPSA) is 48.5 Å². The molecule has 3 rings (SSSR count). The van der Waals surface area contributed by atoms with E-state index in [9.17, 15) is 4.79 Å². The number of carbonyl (C=O) groups is 1. The van der Waals surface area contributed by atoms with E-state index in [1.165, 1.54) is 5.56 Å². The molecule has 2 heterocycles. The van der Waals surface area contributed by atoms with Crippen LogP contribution in [-0.4, -0.2) is 46.9 Å². The molecule has 0 unspecified atom stereocenters. The van der Waals surface area contributed by atoms with Gasteiger partial charge in [0.15, 0.2) is 5.13 Å². The quantitative estimate of drug-likeness (QED) is 0.925. The van der Waals surface area contributed by atoms with Gasteiger partial charge in [-0.05, 0) is 25.5 Å². The van der Waals surface area contributed by atoms with Crippen LogP contribution in [-0.2, 0) is 11.3 Å². The standard InChI is InChI=1S/C18H24N4OS/c1-14-4-6-16(7-5-14)19-18-20-17(13-24-18)12-21-8-3-9-22(11-10-21)15(2)23/h4-7,13H,3,8-12H2,1-2H3,(H,19,20). The Morgan fingerprint density at radius 3 is 2.75 bits per heavy atom. The van der Waals surface area contributed by atoms with Crippen LogP contribution in [0.3, 0.4) is 0 Å². The molecular formula is C18H24N4OS. The lowest BCUT2D eigenvalue weighted by molar-refractivity contribution is -0.128. The molecule has 0 spiro atoms. The van der Waals surface area contributed by atoms with Crippen molar-refractivity contribution in [3.63, 3.8) is 0 Å². The van der Waals surface area contributed by atoms with Crippen LogP contribution in [0.4, 0.5) is 10.8 Å². The lowest BCUT2D eigenvalue weighted by atomic mass is 10.2. The van der Waals surface area contributed by atoms with Crippen LogP contribution in [0.5, 0.6) is 0 Å². The molecule has 0 saturated carbocycles. The van der Waals surface area contributed by atoms with Crippen LogP contribution in [0.15, 0.2) is 29.6 Å². The van der Waals surface area contributed by atoms with Gasteiger partial charge in [0, 0.05) is 50.7 Å². The summed E-state index contributed by atoms with van der Waals surface area (Å²) in [6, 6.07) is 8.33. The Kier molecular flexibility index (Phi) is 5.48. The zero-order valence-electron chi connectivity index (χ0n) is 14.3. The monoisotopic (exact) mass is 344 g/mol. The average Bonchev–Trinajstić information content (AvgIpc) is 2.85. The molecule has 0 radical (unpaired) electrons. The van der Waals surface area contributed by atoms with E-state index < -0.39 is 0 Å². The molecule has 1 N–H and O–H groups in total. The first-order valence-electron chi connectivity index (χ1n) is 8.36. The molecule has 1 aliphatic rings. The summed E-state index contributed by atoms with van der Waals surface area (Å²) in [6.45, 7) is 8.19. The molecule has 1 aromatic carbocycles. The van der Waals surface area contributed by atoms with E-state index >= 15 is 0 Å². The highest BCUT2D eigenvalue weighted by atomic mass is 32.1. The zero-order valence-corrected chi connectivity index (χ0v) is 15.1. The molecule has 24 heavy (non-hydrogen) atoms. The van der Waals surface area contributed by atoms with Gasteiger partial charge < -0.3 is 10.2 Å². The van der Waals surface area contributed by atoms with Gasteiger partial charge in [0.1, 0.15) is 0 Å². The summed E-state index contributed by atoms with van der Waals surface area (Å²) in [5, 5.41) is 6.40. The van der Waals surface area contributed by atoms with Gasteiger partial charge in [-0.2, -0.15) is 0 Å². The summed E-state index contributed by atoms with van der Waals surface area (Å²) in [5.74, 6) is 0.176. The van der Waals surface area contributed by atoms with Crippen molar-refractivity contribution in [1.29, 1.82) is 0 Å². The number of amides is 1. The van der Waals surface area contributed by atoms with Crippen LogP contribution in [0.1, 0.15) is 24.6 Å². The van der Waals surface area contributed by atoms with Gasteiger partial charge >= 0.3 is 0 Å². The summed E-state index contributed by atoms with van der Waals surface area (Å²) < 4.78 is 0. The second-order valence-electron chi connectivity index (χ2n) is 6.27. The fourth-order valence-corrected chi connectivity index (χ4v) is 3.59. The maximum atomic E-state index is 11.5. The summed E-state index contributed by atoms with van der Waals surface area (Å²) in [5.41, 5.74) is 3.40. The smallest absolute Gasteiger partial charge is 0.219 e. The molecular weight excluding hydrogens is 320 g/mol. The first-order chi connectivity index (χ1) is 11.6. The van der Waals surface area contributed by atoms with Gasteiger partial charge in [0.05, 0.1) is 5.69 Å². The highest BCUT2D eigenvalue weighted by molar-refractivity contribution is 7.13. The molecule has 2 aromatic rings. The van der Waals surface area contributed by atoms with Crippen LogP contribution in [0, 0.1) is 6.92 Å². The molecule has 0 aliphatic carbocycles. The molecule has 1 amide bonds. The van der Waals surface area contributed by atoms with Crippen molar-refractivity contribution >= 4 is 28.1 Å². The van der Waals surface area contributed by atoms with Gasteiger partial charge in [0.2, 0.25) is 5.91 Å². The Bertz CT molecular complexity index is 683. The van der Waals surface area contributed by atoms with Crippen molar-refractivity contribution in [3.8, 4) is 0 Å². The minimum Gasteiger partial charge on any atom is -0.342 e. The molecule has 0 bridgehead atoms. The third-order valence-electron chi connectivity index (χ3n) is 4.27. The molecule has 1 saturated heterocycles. The predicted molar refractivity (Wildman–Crippen MR) is 98.7 cm³/mol. The number of hydrogen-bond donors (Lipinski definition) is 1. The van der Waals surface area contributed by atoms with Crippen molar-refractivity contribution in [2.75, 3.05) is 31.5 Å². The van der Waals surface area contributed by atoms with E-state index in [0.717, 1.165) is 55.7 Å². The molecule has 1 aromatic heterocycles. The zero-order chi connectivity index (χ0) is 16.9. The molecule has 5 nitrogen and oxygen atoms in total. The van der Waals surface area contributed by atoms with Crippen molar-refractivity contribution in [1.82, 2.24) is 14.8 Å². The third-order valence-corrected chi connectivity index (χ3v) is 5.08. The number of benzene rings is 1. The van der Waals surface area contributed by atoms with Gasteiger partial charge in [-0.1, -0.05) is 17.7 Å². The lowest BCUT2D eigenvalue weighted by Crippen LogP contribution is -2.33. The molecule has 1 fully saturated rings. The molecule has 1 aliphatic heterocycles. The number of anilines is 2. The summed E-state index contributed by atoms with van der Waals surface area (Å²) in [6.07, 6.45) is 1.03. The van der Waals surface area contributed by atoms with E-state index in [0.29, 0.717) is 0 Å². The molecule has 128 valence electrons. The van der Waals surface area contributed by atoms with E-state index in [2.05, 4.69) is 46.8 Å². The second kappa shape index (κ2) is 7.77. The molecule has 6 heteroatoms. The van der Waals surface area contributed by atoms with Crippen LogP contribution in [0.25, 0.3) is 0 Å². The van der Waals surface area contributed by atoms with Crippen molar-refractivity contribution in [2.45, 2.75) is 26.8 Å². The number of thiazole rings is 1. The van der Waals surface area contributed by atoms with E-state index in [1.807, 2.05) is 4.90 Å². The Labute approximate surface area is 147 Å². The number of carbonyl (C=O) groups excluding carboxylic acids is 1. The number of aryl methyl sites for hydroxylation is 1. The second-order valence-corrected chi connectivity index (χ2v) is 7.13. The minimum atomic E-state index is 0.176.